The monoisotopic (exact) mass is 2120 g/mol. The number of phenols is 2. The molecule has 149 heavy (non-hydrogen) atoms. The Labute approximate surface area is 914 Å². The molecule has 9 atom stereocenters. The summed E-state index contributed by atoms with van der Waals surface area (Å²) in [7, 11) is -8.86. The van der Waals surface area contributed by atoms with E-state index >= 15 is 0 Å². The van der Waals surface area contributed by atoms with E-state index in [0.29, 0.717) is 41.1 Å². The van der Waals surface area contributed by atoms with E-state index in [9.17, 15) is 35.5 Å². The predicted molar refractivity (Wildman–Crippen MR) is 640 cm³/mol. The van der Waals surface area contributed by atoms with Gasteiger partial charge in [0.15, 0.2) is 42.0 Å². The van der Waals surface area contributed by atoms with Crippen molar-refractivity contribution in [2.45, 2.75) is 377 Å². The molecule has 15 rings (SSSR count). The van der Waals surface area contributed by atoms with Crippen molar-refractivity contribution >= 4 is 59.5 Å². The summed E-state index contributed by atoms with van der Waals surface area (Å²) in [5.74, 6) is 5.56. The lowest BCUT2D eigenvalue weighted by atomic mass is 9.87. The average Bonchev–Trinajstić information content (AvgIpc) is 1.63. The summed E-state index contributed by atoms with van der Waals surface area (Å²) in [5.41, 5.74) is 6.68. The van der Waals surface area contributed by atoms with Gasteiger partial charge in [-0.1, -0.05) is 406 Å². The first kappa shape index (κ1) is 147. The third-order valence-corrected chi connectivity index (χ3v) is 31.8. The van der Waals surface area contributed by atoms with Crippen LogP contribution in [0.4, 0.5) is 5.69 Å². The quantitative estimate of drug-likeness (QED) is 0.0178. The molecule has 828 valence electrons. The fraction of sp³-hybridized carbons (Fsp3) is 0.431. The first-order chi connectivity index (χ1) is 65.9. The van der Waals surface area contributed by atoms with Crippen molar-refractivity contribution in [2.75, 3.05) is 18.1 Å². The zero-order valence-corrected chi connectivity index (χ0v) is 86.1. The molecule has 1 heterocycles. The number of rotatable bonds is 31. The van der Waals surface area contributed by atoms with Gasteiger partial charge >= 0.3 is 0 Å². The highest BCUT2D eigenvalue weighted by Crippen LogP contribution is 2.37. The maximum Gasteiger partial charge on any atom is 0.237 e. The number of anilines is 1. The van der Waals surface area contributed by atoms with Crippen molar-refractivity contribution in [3.05, 3.63) is 355 Å². The summed E-state index contributed by atoms with van der Waals surface area (Å²) in [5, 5.41) is 18.0. The van der Waals surface area contributed by atoms with Gasteiger partial charge in [0.1, 0.15) is 43.2 Å². The minimum absolute atomic E-state index is 0. The van der Waals surface area contributed by atoms with E-state index in [4.69, 9.17) is 29.2 Å². The Bertz CT molecular complexity index is 5110. The van der Waals surface area contributed by atoms with Gasteiger partial charge in [-0.2, -0.15) is 0 Å². The summed E-state index contributed by atoms with van der Waals surface area (Å²) in [6.07, 6.45) is 21.6. The smallest absolute Gasteiger partial charge is 0.237 e. The number of amides is 2. The third kappa shape index (κ3) is 50.5. The molecule has 2 N–H and O–H groups in total. The van der Waals surface area contributed by atoms with Crippen LogP contribution in [0, 0.1) is 23.7 Å². The Kier molecular flexibility index (Phi) is 77.4. The number of carbonyl (C=O) groups is 2. The zero-order chi connectivity index (χ0) is 99.1. The van der Waals surface area contributed by atoms with Crippen molar-refractivity contribution in [1.29, 1.82) is 0 Å². The van der Waals surface area contributed by atoms with Crippen LogP contribution >= 0.6 is 0 Å². The van der Waals surface area contributed by atoms with Gasteiger partial charge in [0.25, 0.3) is 0 Å². The molecule has 0 bridgehead atoms. The molecule has 2 saturated carbocycles. The average molecular weight is 2120 g/mol. The lowest BCUT2D eigenvalue weighted by Gasteiger charge is -2.22. The van der Waals surface area contributed by atoms with Gasteiger partial charge < -0.3 is 38.3 Å². The summed E-state index contributed by atoms with van der Waals surface area (Å²) < 4.78 is 87.6. The highest BCUT2D eigenvalue weighted by atomic mass is 32.2. The van der Waals surface area contributed by atoms with Crippen LogP contribution in [0.15, 0.2) is 367 Å². The molecule has 12 aromatic rings. The lowest BCUT2D eigenvalue weighted by molar-refractivity contribution is -0.122. The summed E-state index contributed by atoms with van der Waals surface area (Å²) in [6.45, 7) is 30.7. The SMILES string of the molecule is C.C.C.C.C.C.C.C.C.C.C.C.CC1C(=O)N(c2ccc(S(=O)(=O)[O-])cc2)C(=O)C1C.CCC(C)c1ccc(O)cc1.CCC(C)c1ccc(O)cc1.CCC(C)c1ccc(OC(C)OCCC2CCCCC2)cc1.CCC(C)c1ccc(OC(C)OCCC2CCCCC2)cc1.CCC(C)c1ccc(S(=O)(=O)[O-])cc1.c1ccc([S+](c2ccccc2)c2ccccc2)cc1.c1ccc([S+](c2ccccc2)c2ccccc2)cc1. The number of imide groups is 1. The maximum atomic E-state index is 11.9. The van der Waals surface area contributed by atoms with E-state index in [1.54, 1.807) is 50.2 Å². The minimum Gasteiger partial charge on any atom is -0.744 e. The Morgan fingerprint density at radius 2 is 0.503 bits per heavy atom. The second kappa shape index (κ2) is 78.6. The van der Waals surface area contributed by atoms with Gasteiger partial charge in [-0.25, -0.2) is 16.8 Å². The molecule has 0 aromatic heterocycles. The topological polar surface area (TPSA) is 229 Å². The minimum atomic E-state index is -4.53. The van der Waals surface area contributed by atoms with Gasteiger partial charge in [0.2, 0.25) is 11.8 Å². The van der Waals surface area contributed by atoms with Gasteiger partial charge in [-0.3, -0.25) is 14.5 Å². The summed E-state index contributed by atoms with van der Waals surface area (Å²) in [6, 6.07) is 107. The van der Waals surface area contributed by atoms with Crippen LogP contribution in [0.1, 0.15) is 353 Å². The molecule has 0 spiro atoms. The van der Waals surface area contributed by atoms with Crippen LogP contribution in [0.2, 0.25) is 0 Å². The van der Waals surface area contributed by atoms with E-state index in [2.05, 4.69) is 300 Å². The normalized spacial score (nSPS) is 14.6. The van der Waals surface area contributed by atoms with Crippen LogP contribution in [-0.4, -0.2) is 73.8 Å². The summed E-state index contributed by atoms with van der Waals surface area (Å²) >= 11 is 0. The Morgan fingerprint density at radius 3 is 0.711 bits per heavy atom. The molecular weight excluding hydrogens is 1930 g/mol. The molecule has 15 nitrogen and oxygen atoms in total. The van der Waals surface area contributed by atoms with Crippen molar-refractivity contribution in [1.82, 2.24) is 0 Å². The third-order valence-electron chi connectivity index (χ3n) is 25.7. The van der Waals surface area contributed by atoms with Gasteiger partial charge in [-0.15, -0.1) is 0 Å². The highest BCUT2D eigenvalue weighted by molar-refractivity contribution is 7.97. The first-order valence-corrected chi connectivity index (χ1v) is 54.3. The number of benzene rings is 12. The molecule has 1 saturated heterocycles. The van der Waals surface area contributed by atoms with Crippen LogP contribution in [0.5, 0.6) is 23.0 Å². The van der Waals surface area contributed by atoms with Gasteiger partial charge in [0.05, 0.1) is 50.5 Å². The number of aromatic hydroxyl groups is 2. The Balaban J connectivity index is -0.000000529. The van der Waals surface area contributed by atoms with E-state index in [1.807, 2.05) is 38.1 Å². The van der Waals surface area contributed by atoms with E-state index in [-0.39, 0.29) is 146 Å². The second-order valence-electron chi connectivity index (χ2n) is 35.6. The van der Waals surface area contributed by atoms with Crippen molar-refractivity contribution in [3.63, 3.8) is 0 Å². The number of phenolic OH excluding ortho intramolecular Hbond substituents is 2. The molecule has 9 unspecified atom stereocenters. The number of nitrogens with zero attached hydrogens (tertiary/aromatic N) is 1. The Hall–Kier alpha value is -10.6. The number of hydrogen-bond acceptors (Lipinski definition) is 14. The lowest BCUT2D eigenvalue weighted by Crippen LogP contribution is -2.30. The van der Waals surface area contributed by atoms with E-state index in [0.717, 1.165) is 78.4 Å². The molecular formula is C130H195NO14S4. The van der Waals surface area contributed by atoms with Crippen LogP contribution in [0.25, 0.3) is 0 Å². The molecule has 3 fully saturated rings. The second-order valence-corrected chi connectivity index (χ2v) is 42.4. The number of hydrogen-bond donors (Lipinski definition) is 2. The fourth-order valence-electron chi connectivity index (χ4n) is 15.8. The molecule has 12 aromatic carbocycles. The Morgan fingerprint density at radius 1 is 0.302 bits per heavy atom. The standard InChI is InChI=1S/2C20H32O2.2C18H15S.C12H13NO5S.C10H14O3S.2C10H14O.12CH4/c2*1-4-16(2)19-10-12-20(13-11-19)22-17(3)21-15-14-18-8-6-5-7-9-18;2*1-4-10-16(11-5-1)19(17-12-6-2-7-13-17)18-14-8-3-9-15-18;1-7-8(2)12(15)13(11(7)14)9-3-5-10(6-4-9)19(16,17)18;1-3-8(2)9-4-6-10(7-5-9)14(11,12)13;2*1-3-8(2)9-4-6-10(11)7-5-9;;;;;;;;;;;;/h2*10-13,16-18H,4-9,14-15H2,1-3H3;2*1-15H;3-8H,1-2H3,(H,16,17,18);4-8H,3H2,1-2H3,(H,11,12,13);2*4-8,11H,3H2,1-2H3;12*1H4/q;;2*+1;;;;;;;;;;;;;;;;/p-2. The first-order valence-electron chi connectivity index (χ1n) is 49.1. The number of ether oxygens (including phenoxy) is 4. The maximum absolute atomic E-state index is 11.9. The largest absolute Gasteiger partial charge is 0.744 e. The molecule has 19 heteroatoms. The zero-order valence-electron chi connectivity index (χ0n) is 82.8. The van der Waals surface area contributed by atoms with E-state index < -0.39 is 37.0 Å². The van der Waals surface area contributed by atoms with Crippen molar-refractivity contribution in [3.8, 4) is 23.0 Å². The van der Waals surface area contributed by atoms with Gasteiger partial charge in [0, 0.05) is 11.8 Å². The van der Waals surface area contributed by atoms with Gasteiger partial charge in [-0.05, 0) is 286 Å². The van der Waals surface area contributed by atoms with Crippen molar-refractivity contribution < 1.29 is 64.7 Å². The molecule has 1 aliphatic heterocycles. The number of carbonyl (C=O) groups excluding carboxylic acids is 2. The van der Waals surface area contributed by atoms with Crippen LogP contribution in [-0.2, 0) is 61.1 Å². The predicted octanol–water partition coefficient (Wildman–Crippen LogP) is 37.7. The molecule has 2 aliphatic carbocycles. The summed E-state index contributed by atoms with van der Waals surface area (Å²) in [4.78, 5) is 32.5. The molecule has 3 aliphatic rings. The molecule has 2 amide bonds. The highest BCUT2D eigenvalue weighted by Gasteiger charge is 2.43. The van der Waals surface area contributed by atoms with E-state index in [1.165, 1.54) is 166 Å². The van der Waals surface area contributed by atoms with Crippen molar-refractivity contribution in [2.24, 2.45) is 23.7 Å². The van der Waals surface area contributed by atoms with Crippen LogP contribution in [0.3, 0.4) is 0 Å². The fourth-order valence-corrected chi connectivity index (χ4v) is 21.0. The van der Waals surface area contributed by atoms with Crippen LogP contribution < -0.4 is 14.4 Å². The molecule has 0 radical (unpaired) electrons.